The Morgan fingerprint density at radius 1 is 1.25 bits per heavy atom. The second-order valence-corrected chi connectivity index (χ2v) is 6.52. The van der Waals surface area contributed by atoms with Crippen LogP contribution in [0.15, 0.2) is 54.9 Å². The summed E-state index contributed by atoms with van der Waals surface area (Å²) in [4.78, 5) is 16.8. The highest BCUT2D eigenvalue weighted by molar-refractivity contribution is 5.94. The van der Waals surface area contributed by atoms with Crippen molar-refractivity contribution in [1.82, 2.24) is 20.0 Å². The highest BCUT2D eigenvalue weighted by Crippen LogP contribution is 2.16. The van der Waals surface area contributed by atoms with Crippen molar-refractivity contribution in [3.8, 4) is 5.75 Å². The molecule has 1 atom stereocenters. The lowest BCUT2D eigenvalue weighted by molar-refractivity contribution is 0.0950. The fourth-order valence-electron chi connectivity index (χ4n) is 3.19. The minimum Gasteiger partial charge on any atom is -0.487 e. The van der Waals surface area contributed by atoms with Crippen LogP contribution in [0.4, 0.5) is 0 Å². The van der Waals surface area contributed by atoms with Crippen molar-refractivity contribution < 1.29 is 9.53 Å². The van der Waals surface area contributed by atoms with Crippen LogP contribution in [0, 0.1) is 0 Å². The summed E-state index contributed by atoms with van der Waals surface area (Å²) in [6, 6.07) is 13.5. The molecular weight excluding hydrogens is 399 g/mol. The normalized spacial score (nSPS) is 15.5. The predicted octanol–water partition coefficient (Wildman–Crippen LogP) is 3.24. The first-order chi connectivity index (χ1) is 12.8. The van der Waals surface area contributed by atoms with Crippen LogP contribution in [0.5, 0.6) is 5.75 Å². The fraction of sp³-hybridized carbons (Fsp3) is 0.300. The van der Waals surface area contributed by atoms with Crippen molar-refractivity contribution >= 4 is 36.4 Å². The van der Waals surface area contributed by atoms with Crippen molar-refractivity contribution in [2.75, 3.05) is 13.1 Å². The summed E-state index contributed by atoms with van der Waals surface area (Å²) in [6.45, 7) is 2.05. The van der Waals surface area contributed by atoms with Crippen LogP contribution < -0.4 is 15.4 Å². The van der Waals surface area contributed by atoms with Crippen molar-refractivity contribution in [2.45, 2.75) is 25.5 Å². The predicted molar refractivity (Wildman–Crippen MR) is 114 cm³/mol. The third-order valence-electron chi connectivity index (χ3n) is 4.57. The molecule has 3 heterocycles. The number of fused-ring (bicyclic) bond motifs is 1. The summed E-state index contributed by atoms with van der Waals surface area (Å²) < 4.78 is 7.78. The first-order valence-electron chi connectivity index (χ1n) is 8.95. The molecule has 1 amide bonds. The van der Waals surface area contributed by atoms with E-state index >= 15 is 0 Å². The Bertz CT molecular complexity index is 877. The Morgan fingerprint density at radius 3 is 2.93 bits per heavy atom. The number of rotatable bonds is 6. The summed E-state index contributed by atoms with van der Waals surface area (Å²) in [5, 5.41) is 6.36. The van der Waals surface area contributed by atoms with Gasteiger partial charge in [0.15, 0.2) is 0 Å². The second kappa shape index (κ2) is 10.3. The highest BCUT2D eigenvalue weighted by atomic mass is 35.5. The van der Waals surface area contributed by atoms with E-state index in [2.05, 4.69) is 15.6 Å². The Labute approximate surface area is 176 Å². The third-order valence-corrected chi connectivity index (χ3v) is 4.57. The first-order valence-corrected chi connectivity index (χ1v) is 8.95. The standard InChI is InChI=1S/C20H22N4O2.2ClH/c25-20(22-12-16-6-4-9-21-16)15-5-3-7-18(11-15)26-14-17-13-24-10-2-1-8-19(24)23-17;;/h1-3,5,7-8,10-11,13,16,21H,4,6,9,12,14H2,(H,22,25);2*1H. The molecule has 1 unspecified atom stereocenters. The zero-order valence-electron chi connectivity index (χ0n) is 15.3. The fourth-order valence-corrected chi connectivity index (χ4v) is 3.19. The van der Waals surface area contributed by atoms with E-state index in [1.807, 2.05) is 47.1 Å². The quantitative estimate of drug-likeness (QED) is 0.639. The summed E-state index contributed by atoms with van der Waals surface area (Å²) in [5.74, 6) is 0.588. The number of hydrogen-bond acceptors (Lipinski definition) is 4. The molecule has 0 radical (unpaired) electrons. The van der Waals surface area contributed by atoms with Crippen LogP contribution >= 0.6 is 24.8 Å². The lowest BCUT2D eigenvalue weighted by atomic mass is 10.2. The molecule has 0 saturated carbocycles. The van der Waals surface area contributed by atoms with Gasteiger partial charge in [-0.2, -0.15) is 0 Å². The van der Waals surface area contributed by atoms with Gasteiger partial charge in [-0.3, -0.25) is 4.79 Å². The molecule has 0 aliphatic carbocycles. The molecule has 150 valence electrons. The number of benzene rings is 1. The van der Waals surface area contributed by atoms with Crippen LogP contribution in [0.1, 0.15) is 28.9 Å². The number of nitrogens with one attached hydrogen (secondary N) is 2. The molecule has 1 aliphatic heterocycles. The molecule has 28 heavy (non-hydrogen) atoms. The topological polar surface area (TPSA) is 67.7 Å². The average Bonchev–Trinajstić information content (AvgIpc) is 3.33. The lowest BCUT2D eigenvalue weighted by Crippen LogP contribution is -2.37. The Hall–Kier alpha value is -2.28. The van der Waals surface area contributed by atoms with Gasteiger partial charge < -0.3 is 19.8 Å². The molecule has 8 heteroatoms. The summed E-state index contributed by atoms with van der Waals surface area (Å²) in [7, 11) is 0. The number of carbonyl (C=O) groups is 1. The van der Waals surface area contributed by atoms with Gasteiger partial charge in [0.2, 0.25) is 0 Å². The zero-order chi connectivity index (χ0) is 17.8. The van der Waals surface area contributed by atoms with Gasteiger partial charge in [-0.1, -0.05) is 12.1 Å². The molecule has 0 spiro atoms. The monoisotopic (exact) mass is 422 g/mol. The van der Waals surface area contributed by atoms with E-state index in [1.54, 1.807) is 12.1 Å². The number of ether oxygens (including phenoxy) is 1. The average molecular weight is 423 g/mol. The highest BCUT2D eigenvalue weighted by Gasteiger charge is 2.15. The molecule has 1 aromatic carbocycles. The van der Waals surface area contributed by atoms with Crippen molar-refractivity contribution in [1.29, 1.82) is 0 Å². The smallest absolute Gasteiger partial charge is 0.251 e. The van der Waals surface area contributed by atoms with Crippen molar-refractivity contribution in [2.24, 2.45) is 0 Å². The summed E-state index contributed by atoms with van der Waals surface area (Å²) in [6.07, 6.45) is 6.19. The maximum absolute atomic E-state index is 12.3. The van der Waals surface area contributed by atoms with Crippen LogP contribution in [0.2, 0.25) is 0 Å². The summed E-state index contributed by atoms with van der Waals surface area (Å²) >= 11 is 0. The number of nitrogens with zero attached hydrogens (tertiary/aromatic N) is 2. The van der Waals surface area contributed by atoms with Gasteiger partial charge >= 0.3 is 0 Å². The van der Waals surface area contributed by atoms with Crippen LogP contribution in [0.25, 0.3) is 5.65 Å². The van der Waals surface area contributed by atoms with E-state index in [0.29, 0.717) is 30.5 Å². The maximum atomic E-state index is 12.3. The molecule has 1 saturated heterocycles. The number of imidazole rings is 1. The van der Waals surface area contributed by atoms with Gasteiger partial charge in [0.1, 0.15) is 18.0 Å². The van der Waals surface area contributed by atoms with Gasteiger partial charge in [-0.25, -0.2) is 4.98 Å². The Kier molecular flexibility index (Phi) is 8.11. The number of halogens is 2. The maximum Gasteiger partial charge on any atom is 0.251 e. The number of aromatic nitrogens is 2. The molecule has 0 bridgehead atoms. The van der Waals surface area contributed by atoms with Gasteiger partial charge in [-0.15, -0.1) is 24.8 Å². The van der Waals surface area contributed by atoms with Crippen LogP contribution in [-0.4, -0.2) is 34.4 Å². The van der Waals surface area contributed by atoms with E-state index in [1.165, 1.54) is 6.42 Å². The van der Waals surface area contributed by atoms with E-state index in [0.717, 1.165) is 24.3 Å². The zero-order valence-corrected chi connectivity index (χ0v) is 17.0. The van der Waals surface area contributed by atoms with Gasteiger partial charge in [0.25, 0.3) is 5.91 Å². The first kappa shape index (κ1) is 22.0. The van der Waals surface area contributed by atoms with E-state index in [9.17, 15) is 4.79 Å². The number of hydrogen-bond donors (Lipinski definition) is 2. The number of pyridine rings is 1. The molecule has 2 aromatic heterocycles. The largest absolute Gasteiger partial charge is 0.487 e. The minimum absolute atomic E-state index is 0. The molecule has 2 N–H and O–H groups in total. The second-order valence-electron chi connectivity index (χ2n) is 6.52. The number of carbonyl (C=O) groups excluding carboxylic acids is 1. The SMILES string of the molecule is Cl.Cl.O=C(NCC1CCCN1)c1cccc(OCc2cn3ccccc3n2)c1. The third kappa shape index (κ3) is 5.38. The van der Waals surface area contributed by atoms with Crippen LogP contribution in [-0.2, 0) is 6.61 Å². The molecule has 4 rings (SSSR count). The molecule has 1 aliphatic rings. The lowest BCUT2D eigenvalue weighted by Gasteiger charge is -2.12. The molecule has 6 nitrogen and oxygen atoms in total. The molecule has 1 fully saturated rings. The van der Waals surface area contributed by atoms with Gasteiger partial charge in [0, 0.05) is 30.5 Å². The van der Waals surface area contributed by atoms with E-state index in [-0.39, 0.29) is 30.7 Å². The Morgan fingerprint density at radius 2 is 2.14 bits per heavy atom. The van der Waals surface area contributed by atoms with E-state index in [4.69, 9.17) is 4.74 Å². The molecule has 3 aromatic rings. The number of amides is 1. The van der Waals surface area contributed by atoms with Gasteiger partial charge in [0.05, 0.1) is 5.69 Å². The van der Waals surface area contributed by atoms with E-state index < -0.39 is 0 Å². The molecular formula is C20H24Cl2N4O2. The van der Waals surface area contributed by atoms with Crippen molar-refractivity contribution in [3.63, 3.8) is 0 Å². The summed E-state index contributed by atoms with van der Waals surface area (Å²) in [5.41, 5.74) is 2.34. The van der Waals surface area contributed by atoms with Crippen LogP contribution in [0.3, 0.4) is 0 Å². The Balaban J connectivity index is 0.00000140. The minimum atomic E-state index is -0.0723. The van der Waals surface area contributed by atoms with Crippen molar-refractivity contribution in [3.05, 3.63) is 66.1 Å². The van der Waals surface area contributed by atoms with Gasteiger partial charge in [-0.05, 0) is 49.7 Å².